The Balaban J connectivity index is 1.90. The van der Waals surface area contributed by atoms with Gasteiger partial charge < -0.3 is 10.1 Å². The molecule has 0 aliphatic heterocycles. The Labute approximate surface area is 123 Å². The summed E-state index contributed by atoms with van der Waals surface area (Å²) < 4.78 is 18.8. The van der Waals surface area contributed by atoms with E-state index < -0.39 is 0 Å². The van der Waals surface area contributed by atoms with E-state index in [1.54, 1.807) is 24.3 Å². The lowest BCUT2D eigenvalue weighted by molar-refractivity contribution is 0.269. The van der Waals surface area contributed by atoms with Crippen molar-refractivity contribution >= 4 is 11.6 Å². The Kier molecular flexibility index (Phi) is 5.39. The number of hydrogen-bond acceptors (Lipinski definition) is 2. The van der Waals surface area contributed by atoms with Gasteiger partial charge in [0.25, 0.3) is 0 Å². The third kappa shape index (κ3) is 4.51. The smallest absolute Gasteiger partial charge is 0.123 e. The summed E-state index contributed by atoms with van der Waals surface area (Å²) in [6, 6.07) is 14.0. The van der Waals surface area contributed by atoms with Crippen molar-refractivity contribution in [3.63, 3.8) is 0 Å². The molecule has 1 N–H and O–H groups in total. The average molecular weight is 294 g/mol. The molecule has 0 aliphatic carbocycles. The standard InChI is InChI=1S/C16H17ClFNO/c1-19-15(10-12-3-2-4-14(18)9-12)11-20-16-7-5-13(17)6-8-16/h2-9,15,19H,10-11H2,1H3. The first-order valence-corrected chi connectivity index (χ1v) is 6.85. The van der Waals surface area contributed by atoms with Gasteiger partial charge in [0, 0.05) is 11.1 Å². The van der Waals surface area contributed by atoms with E-state index in [-0.39, 0.29) is 11.9 Å². The zero-order chi connectivity index (χ0) is 14.4. The normalized spacial score (nSPS) is 12.2. The summed E-state index contributed by atoms with van der Waals surface area (Å²) in [7, 11) is 1.87. The molecule has 0 amide bonds. The van der Waals surface area contributed by atoms with E-state index in [2.05, 4.69) is 5.32 Å². The molecule has 0 aliphatic rings. The van der Waals surface area contributed by atoms with Crippen molar-refractivity contribution in [3.8, 4) is 5.75 Å². The van der Waals surface area contributed by atoms with Gasteiger partial charge in [-0.05, 0) is 55.4 Å². The number of hydrogen-bond donors (Lipinski definition) is 1. The van der Waals surface area contributed by atoms with Gasteiger partial charge in [-0.15, -0.1) is 0 Å². The highest BCUT2D eigenvalue weighted by atomic mass is 35.5. The number of ether oxygens (including phenoxy) is 1. The molecule has 0 aromatic heterocycles. The highest BCUT2D eigenvalue weighted by molar-refractivity contribution is 6.30. The molecule has 0 spiro atoms. The number of nitrogens with one attached hydrogen (secondary N) is 1. The number of halogens is 2. The molecular formula is C16H17ClFNO. The Morgan fingerprint density at radius 3 is 2.60 bits per heavy atom. The first kappa shape index (κ1) is 14.8. The lowest BCUT2D eigenvalue weighted by Crippen LogP contribution is -2.33. The maximum atomic E-state index is 13.1. The van der Waals surface area contributed by atoms with Crippen LogP contribution in [0.3, 0.4) is 0 Å². The molecule has 0 bridgehead atoms. The lowest BCUT2D eigenvalue weighted by Gasteiger charge is -2.17. The van der Waals surface area contributed by atoms with E-state index in [1.807, 2.05) is 25.2 Å². The first-order valence-electron chi connectivity index (χ1n) is 6.47. The largest absolute Gasteiger partial charge is 0.492 e. The molecule has 2 rings (SSSR count). The number of benzene rings is 2. The second kappa shape index (κ2) is 7.27. The van der Waals surface area contributed by atoms with Crippen LogP contribution in [0.1, 0.15) is 5.56 Å². The summed E-state index contributed by atoms with van der Waals surface area (Å²) in [6.45, 7) is 0.509. The minimum absolute atomic E-state index is 0.118. The quantitative estimate of drug-likeness (QED) is 0.877. The van der Waals surface area contributed by atoms with Crippen LogP contribution in [0.5, 0.6) is 5.75 Å². The summed E-state index contributed by atoms with van der Waals surface area (Å²) in [5, 5.41) is 3.86. The fourth-order valence-electron chi connectivity index (χ4n) is 1.92. The van der Waals surface area contributed by atoms with Gasteiger partial charge in [-0.1, -0.05) is 23.7 Å². The van der Waals surface area contributed by atoms with Crippen LogP contribution in [0.25, 0.3) is 0 Å². The summed E-state index contributed by atoms with van der Waals surface area (Å²) in [5.74, 6) is 0.560. The van der Waals surface area contributed by atoms with E-state index in [4.69, 9.17) is 16.3 Å². The first-order chi connectivity index (χ1) is 9.67. The van der Waals surface area contributed by atoms with Gasteiger partial charge in [0.05, 0.1) is 0 Å². The topological polar surface area (TPSA) is 21.3 Å². The van der Waals surface area contributed by atoms with Crippen LogP contribution in [0.4, 0.5) is 4.39 Å². The fourth-order valence-corrected chi connectivity index (χ4v) is 2.05. The molecule has 20 heavy (non-hydrogen) atoms. The zero-order valence-corrected chi connectivity index (χ0v) is 12.0. The third-order valence-electron chi connectivity index (χ3n) is 3.04. The second-order valence-corrected chi connectivity index (χ2v) is 5.02. The van der Waals surface area contributed by atoms with Crippen molar-refractivity contribution in [1.82, 2.24) is 5.32 Å². The Hall–Kier alpha value is -1.58. The third-order valence-corrected chi connectivity index (χ3v) is 3.30. The minimum Gasteiger partial charge on any atom is -0.492 e. The number of rotatable bonds is 6. The maximum absolute atomic E-state index is 13.1. The van der Waals surface area contributed by atoms with Crippen LogP contribution in [-0.4, -0.2) is 19.7 Å². The SMILES string of the molecule is CNC(COc1ccc(Cl)cc1)Cc1cccc(F)c1. The molecule has 106 valence electrons. The average Bonchev–Trinajstić information content (AvgIpc) is 2.45. The van der Waals surface area contributed by atoms with Gasteiger partial charge >= 0.3 is 0 Å². The van der Waals surface area contributed by atoms with Crippen LogP contribution in [0.2, 0.25) is 5.02 Å². The van der Waals surface area contributed by atoms with Gasteiger partial charge in [-0.25, -0.2) is 4.39 Å². The molecule has 0 fully saturated rings. The van der Waals surface area contributed by atoms with Gasteiger partial charge in [0.2, 0.25) is 0 Å². The van der Waals surface area contributed by atoms with Gasteiger partial charge in [0.1, 0.15) is 18.2 Å². The fraction of sp³-hybridized carbons (Fsp3) is 0.250. The zero-order valence-electron chi connectivity index (χ0n) is 11.3. The monoisotopic (exact) mass is 293 g/mol. The van der Waals surface area contributed by atoms with Gasteiger partial charge in [-0.3, -0.25) is 0 Å². The molecule has 2 nitrogen and oxygen atoms in total. The van der Waals surface area contributed by atoms with E-state index >= 15 is 0 Å². The molecule has 1 atom stereocenters. The summed E-state index contributed by atoms with van der Waals surface area (Å²) in [4.78, 5) is 0. The van der Waals surface area contributed by atoms with E-state index in [1.165, 1.54) is 6.07 Å². The highest BCUT2D eigenvalue weighted by Crippen LogP contribution is 2.16. The Morgan fingerprint density at radius 2 is 1.95 bits per heavy atom. The molecule has 1 unspecified atom stereocenters. The molecule has 2 aromatic carbocycles. The van der Waals surface area contributed by atoms with E-state index in [0.717, 1.165) is 11.3 Å². The lowest BCUT2D eigenvalue weighted by atomic mass is 10.1. The predicted molar refractivity (Wildman–Crippen MR) is 79.9 cm³/mol. The van der Waals surface area contributed by atoms with Gasteiger partial charge in [-0.2, -0.15) is 0 Å². The van der Waals surface area contributed by atoms with Crippen LogP contribution in [0, 0.1) is 5.82 Å². The van der Waals surface area contributed by atoms with Crippen molar-refractivity contribution in [1.29, 1.82) is 0 Å². The van der Waals surface area contributed by atoms with E-state index in [9.17, 15) is 4.39 Å². The van der Waals surface area contributed by atoms with Crippen molar-refractivity contribution in [2.75, 3.05) is 13.7 Å². The highest BCUT2D eigenvalue weighted by Gasteiger charge is 2.09. The van der Waals surface area contributed by atoms with Crippen LogP contribution in [-0.2, 0) is 6.42 Å². The van der Waals surface area contributed by atoms with E-state index in [0.29, 0.717) is 18.1 Å². The second-order valence-electron chi connectivity index (χ2n) is 4.58. The van der Waals surface area contributed by atoms with Crippen molar-refractivity contribution in [2.24, 2.45) is 0 Å². The van der Waals surface area contributed by atoms with Crippen LogP contribution < -0.4 is 10.1 Å². The predicted octanol–water partition coefficient (Wildman–Crippen LogP) is 3.69. The summed E-state index contributed by atoms with van der Waals surface area (Å²) in [6.07, 6.45) is 0.710. The molecule has 0 saturated heterocycles. The van der Waals surface area contributed by atoms with Crippen molar-refractivity contribution in [3.05, 3.63) is 64.9 Å². The summed E-state index contributed by atoms with van der Waals surface area (Å²) >= 11 is 5.82. The molecular weight excluding hydrogens is 277 g/mol. The molecule has 4 heteroatoms. The molecule has 0 heterocycles. The molecule has 0 saturated carbocycles. The molecule has 2 aromatic rings. The summed E-state index contributed by atoms with van der Waals surface area (Å²) in [5.41, 5.74) is 0.948. The maximum Gasteiger partial charge on any atom is 0.123 e. The van der Waals surface area contributed by atoms with Crippen LogP contribution >= 0.6 is 11.6 Å². The Morgan fingerprint density at radius 1 is 1.20 bits per heavy atom. The molecule has 0 radical (unpaired) electrons. The van der Waals surface area contributed by atoms with Crippen molar-refractivity contribution < 1.29 is 9.13 Å². The van der Waals surface area contributed by atoms with Crippen molar-refractivity contribution in [2.45, 2.75) is 12.5 Å². The Bertz CT molecular complexity index is 544. The van der Waals surface area contributed by atoms with Gasteiger partial charge in [0.15, 0.2) is 0 Å². The van der Waals surface area contributed by atoms with Crippen LogP contribution in [0.15, 0.2) is 48.5 Å². The minimum atomic E-state index is -0.212. The number of likely N-dealkylation sites (N-methyl/N-ethyl adjacent to an activating group) is 1.